The number of nitrogens with one attached hydrogen (secondary N) is 1. The summed E-state index contributed by atoms with van der Waals surface area (Å²) in [5.74, 6) is 0. The van der Waals surface area contributed by atoms with Crippen molar-refractivity contribution in [3.05, 3.63) is 47.3 Å². The van der Waals surface area contributed by atoms with Gasteiger partial charge in [-0.3, -0.25) is 4.79 Å². The molecular weight excluding hydrogens is 202 g/mol. The molecular formula is C12H11N3O. The number of hydrogen-bond donors (Lipinski definition) is 1. The lowest BCUT2D eigenvalue weighted by molar-refractivity contribution is 0.112. The summed E-state index contributed by atoms with van der Waals surface area (Å²) in [7, 11) is 0. The Morgan fingerprint density at radius 3 is 2.50 bits per heavy atom. The van der Waals surface area contributed by atoms with Crippen molar-refractivity contribution in [2.24, 2.45) is 0 Å². The molecule has 1 fully saturated rings. The van der Waals surface area contributed by atoms with E-state index in [2.05, 4.69) is 15.4 Å². The Kier molecular flexibility index (Phi) is 1.89. The van der Waals surface area contributed by atoms with Crippen LogP contribution in [0.3, 0.4) is 0 Å². The zero-order valence-electron chi connectivity index (χ0n) is 8.68. The fraction of sp³-hybridized carbons (Fsp3) is 0.250. The van der Waals surface area contributed by atoms with Gasteiger partial charge in [0.05, 0.1) is 11.9 Å². The number of rotatable bonds is 3. The molecule has 2 aromatic rings. The van der Waals surface area contributed by atoms with E-state index in [1.54, 1.807) is 6.20 Å². The molecule has 1 aromatic heterocycles. The van der Waals surface area contributed by atoms with Gasteiger partial charge >= 0.3 is 0 Å². The highest BCUT2D eigenvalue weighted by molar-refractivity contribution is 5.74. The molecule has 3 rings (SSSR count). The zero-order valence-corrected chi connectivity index (χ0v) is 8.68. The Hall–Kier alpha value is -1.97. The average molecular weight is 213 g/mol. The van der Waals surface area contributed by atoms with E-state index in [4.69, 9.17) is 0 Å². The summed E-state index contributed by atoms with van der Waals surface area (Å²) in [6.07, 6.45) is 4.83. The second kappa shape index (κ2) is 3.27. The largest absolute Gasteiger partial charge is 0.298 e. The molecule has 1 aromatic carbocycles. The molecule has 0 spiro atoms. The second-order valence-corrected chi connectivity index (χ2v) is 4.18. The highest BCUT2D eigenvalue weighted by atomic mass is 16.1. The van der Waals surface area contributed by atoms with Crippen molar-refractivity contribution in [2.45, 2.75) is 18.3 Å². The number of carbonyl (C=O) groups is 1. The number of nitrogens with zero attached hydrogens (tertiary/aromatic N) is 2. The van der Waals surface area contributed by atoms with Gasteiger partial charge in [-0.25, -0.2) is 0 Å². The molecule has 0 saturated heterocycles. The first kappa shape index (κ1) is 9.27. The third-order valence-corrected chi connectivity index (χ3v) is 3.25. The minimum absolute atomic E-state index is 0.0361. The molecule has 80 valence electrons. The van der Waals surface area contributed by atoms with Crippen molar-refractivity contribution < 1.29 is 4.79 Å². The van der Waals surface area contributed by atoms with E-state index in [9.17, 15) is 4.79 Å². The molecule has 0 radical (unpaired) electrons. The van der Waals surface area contributed by atoms with Gasteiger partial charge in [-0.2, -0.15) is 15.4 Å². The molecule has 4 heteroatoms. The Balaban J connectivity index is 2.00. The predicted octanol–water partition coefficient (Wildman–Crippen LogP) is 1.70. The van der Waals surface area contributed by atoms with Crippen LogP contribution in [0.15, 0.2) is 30.5 Å². The maximum atomic E-state index is 10.6. The van der Waals surface area contributed by atoms with Crippen molar-refractivity contribution in [2.75, 3.05) is 0 Å². The van der Waals surface area contributed by atoms with E-state index in [0.717, 1.165) is 24.8 Å². The van der Waals surface area contributed by atoms with Crippen LogP contribution in [0, 0.1) is 0 Å². The summed E-state index contributed by atoms with van der Waals surface area (Å²) in [5.41, 5.74) is 2.95. The van der Waals surface area contributed by atoms with Crippen molar-refractivity contribution in [3.8, 4) is 0 Å². The quantitative estimate of drug-likeness (QED) is 0.789. The summed E-state index contributed by atoms with van der Waals surface area (Å²) in [4.78, 5) is 10.6. The number of aromatic nitrogens is 3. The van der Waals surface area contributed by atoms with Crippen LogP contribution in [0.4, 0.5) is 0 Å². The number of aromatic amines is 1. The summed E-state index contributed by atoms with van der Waals surface area (Å²) in [5, 5.41) is 10.7. The predicted molar refractivity (Wildman–Crippen MR) is 58.2 cm³/mol. The monoisotopic (exact) mass is 213 g/mol. The van der Waals surface area contributed by atoms with E-state index in [1.165, 1.54) is 5.56 Å². The second-order valence-electron chi connectivity index (χ2n) is 4.18. The molecule has 1 aliphatic rings. The number of aldehydes is 1. The minimum Gasteiger partial charge on any atom is -0.298 e. The molecule has 0 atom stereocenters. The molecule has 0 amide bonds. The first-order chi connectivity index (χ1) is 7.85. The summed E-state index contributed by atoms with van der Waals surface area (Å²) in [6.45, 7) is 0. The van der Waals surface area contributed by atoms with E-state index in [0.29, 0.717) is 5.56 Å². The molecule has 1 aliphatic carbocycles. The van der Waals surface area contributed by atoms with Gasteiger partial charge in [0.15, 0.2) is 0 Å². The fourth-order valence-corrected chi connectivity index (χ4v) is 2.13. The molecule has 1 saturated carbocycles. The smallest absolute Gasteiger partial charge is 0.150 e. The van der Waals surface area contributed by atoms with Gasteiger partial charge in [-0.15, -0.1) is 0 Å². The van der Waals surface area contributed by atoms with Crippen molar-refractivity contribution in [1.29, 1.82) is 0 Å². The van der Waals surface area contributed by atoms with E-state index in [1.807, 2.05) is 24.3 Å². The highest BCUT2D eigenvalue weighted by Gasteiger charge is 2.47. The maximum Gasteiger partial charge on any atom is 0.150 e. The minimum atomic E-state index is 0.0361. The maximum absolute atomic E-state index is 10.6. The summed E-state index contributed by atoms with van der Waals surface area (Å²) < 4.78 is 0. The van der Waals surface area contributed by atoms with E-state index in [-0.39, 0.29) is 5.41 Å². The van der Waals surface area contributed by atoms with Crippen LogP contribution in [-0.4, -0.2) is 21.7 Å². The van der Waals surface area contributed by atoms with Crippen LogP contribution in [0.5, 0.6) is 0 Å². The summed E-state index contributed by atoms with van der Waals surface area (Å²) >= 11 is 0. The van der Waals surface area contributed by atoms with Gasteiger partial charge in [-0.1, -0.05) is 24.3 Å². The molecule has 16 heavy (non-hydrogen) atoms. The Bertz CT molecular complexity index is 498. The van der Waals surface area contributed by atoms with Gasteiger partial charge in [-0.05, 0) is 18.4 Å². The Labute approximate surface area is 92.7 Å². The van der Waals surface area contributed by atoms with Crippen molar-refractivity contribution >= 4 is 6.29 Å². The first-order valence-corrected chi connectivity index (χ1v) is 5.27. The lowest BCUT2D eigenvalue weighted by Gasteiger charge is -2.11. The van der Waals surface area contributed by atoms with E-state index < -0.39 is 0 Å². The Morgan fingerprint density at radius 2 is 2.00 bits per heavy atom. The van der Waals surface area contributed by atoms with Crippen LogP contribution < -0.4 is 0 Å². The van der Waals surface area contributed by atoms with Gasteiger partial charge < -0.3 is 0 Å². The van der Waals surface area contributed by atoms with Crippen molar-refractivity contribution in [1.82, 2.24) is 15.4 Å². The molecule has 4 nitrogen and oxygen atoms in total. The normalized spacial score (nSPS) is 17.0. The molecule has 0 unspecified atom stereocenters. The lowest BCUT2D eigenvalue weighted by atomic mass is 9.92. The third-order valence-electron chi connectivity index (χ3n) is 3.25. The number of benzene rings is 1. The van der Waals surface area contributed by atoms with Crippen LogP contribution in [0.2, 0.25) is 0 Å². The molecule has 0 bridgehead atoms. The fourth-order valence-electron chi connectivity index (χ4n) is 2.13. The van der Waals surface area contributed by atoms with Gasteiger partial charge in [0.2, 0.25) is 0 Å². The lowest BCUT2D eigenvalue weighted by Crippen LogP contribution is -2.09. The van der Waals surface area contributed by atoms with E-state index >= 15 is 0 Å². The van der Waals surface area contributed by atoms with Crippen molar-refractivity contribution in [3.63, 3.8) is 0 Å². The van der Waals surface area contributed by atoms with Gasteiger partial charge in [0.1, 0.15) is 6.29 Å². The topological polar surface area (TPSA) is 58.6 Å². The van der Waals surface area contributed by atoms with Gasteiger partial charge in [0.25, 0.3) is 0 Å². The molecule has 0 aliphatic heterocycles. The standard InChI is InChI=1S/C12H11N3O/c16-8-9-1-3-10(4-2-9)12(5-6-12)11-7-13-15-14-11/h1-4,7-8H,5-6H2,(H,13,14,15). The third kappa shape index (κ3) is 1.26. The molecule has 1 heterocycles. The number of H-pyrrole nitrogens is 1. The summed E-state index contributed by atoms with van der Waals surface area (Å²) in [6, 6.07) is 7.71. The van der Waals surface area contributed by atoms with Crippen LogP contribution in [0.1, 0.15) is 34.5 Å². The molecule has 1 N–H and O–H groups in total. The number of hydrogen-bond acceptors (Lipinski definition) is 3. The van der Waals surface area contributed by atoms with Gasteiger partial charge in [0, 0.05) is 11.0 Å². The number of carbonyl (C=O) groups excluding carboxylic acids is 1. The zero-order chi connectivity index (χ0) is 11.0. The highest BCUT2D eigenvalue weighted by Crippen LogP contribution is 2.52. The average Bonchev–Trinajstić information content (AvgIpc) is 2.97. The van der Waals surface area contributed by atoms with Crippen LogP contribution >= 0.6 is 0 Å². The van der Waals surface area contributed by atoms with Crippen LogP contribution in [-0.2, 0) is 5.41 Å². The first-order valence-electron chi connectivity index (χ1n) is 5.27. The Morgan fingerprint density at radius 1 is 1.25 bits per heavy atom. The SMILES string of the molecule is O=Cc1ccc(C2(c3cn[nH]n3)CC2)cc1. The van der Waals surface area contributed by atoms with Crippen LogP contribution in [0.25, 0.3) is 0 Å².